The van der Waals surface area contributed by atoms with Gasteiger partial charge in [0.15, 0.2) is 0 Å². The molecule has 0 aliphatic carbocycles. The summed E-state index contributed by atoms with van der Waals surface area (Å²) in [5.74, 6) is 0. The number of aromatic nitrogens is 1. The SMILES string of the molecule is C=C1Cc2ccncc2N1. The lowest BCUT2D eigenvalue weighted by Crippen LogP contribution is -1.87. The quantitative estimate of drug-likeness (QED) is 0.579. The molecule has 2 nitrogen and oxygen atoms in total. The first-order valence-electron chi connectivity index (χ1n) is 3.24. The summed E-state index contributed by atoms with van der Waals surface area (Å²) < 4.78 is 0. The lowest BCUT2D eigenvalue weighted by Gasteiger charge is -1.94. The molecule has 0 unspecified atom stereocenters. The largest absolute Gasteiger partial charge is 0.358 e. The van der Waals surface area contributed by atoms with E-state index in [0.29, 0.717) is 0 Å². The molecule has 1 aromatic rings. The van der Waals surface area contributed by atoms with Crippen molar-refractivity contribution >= 4 is 5.69 Å². The molecule has 10 heavy (non-hydrogen) atoms. The molecule has 0 amide bonds. The van der Waals surface area contributed by atoms with Crippen molar-refractivity contribution in [1.82, 2.24) is 4.98 Å². The third-order valence-electron chi connectivity index (χ3n) is 1.63. The van der Waals surface area contributed by atoms with Crippen LogP contribution in [0.4, 0.5) is 5.69 Å². The van der Waals surface area contributed by atoms with Crippen LogP contribution in [-0.2, 0) is 6.42 Å². The number of fused-ring (bicyclic) bond motifs is 1. The smallest absolute Gasteiger partial charge is 0.0604 e. The lowest BCUT2D eigenvalue weighted by molar-refractivity contribution is 1.24. The highest BCUT2D eigenvalue weighted by Gasteiger charge is 2.10. The van der Waals surface area contributed by atoms with E-state index in [9.17, 15) is 0 Å². The molecule has 1 aromatic heterocycles. The second-order valence-electron chi connectivity index (χ2n) is 2.44. The Morgan fingerprint density at radius 2 is 2.50 bits per heavy atom. The van der Waals surface area contributed by atoms with Crippen LogP contribution in [0.3, 0.4) is 0 Å². The van der Waals surface area contributed by atoms with Crippen LogP contribution in [0.1, 0.15) is 5.56 Å². The van der Waals surface area contributed by atoms with Crippen molar-refractivity contribution in [1.29, 1.82) is 0 Å². The van der Waals surface area contributed by atoms with Gasteiger partial charge in [0.1, 0.15) is 0 Å². The predicted molar refractivity (Wildman–Crippen MR) is 40.7 cm³/mol. The third-order valence-corrected chi connectivity index (χ3v) is 1.63. The molecule has 50 valence electrons. The summed E-state index contributed by atoms with van der Waals surface area (Å²) in [6.45, 7) is 3.83. The zero-order chi connectivity index (χ0) is 6.97. The van der Waals surface area contributed by atoms with Crippen LogP contribution in [0, 0.1) is 0 Å². The molecule has 1 N–H and O–H groups in total. The van der Waals surface area contributed by atoms with Crippen molar-refractivity contribution in [2.24, 2.45) is 0 Å². The Bertz CT molecular complexity index is 251. The zero-order valence-corrected chi connectivity index (χ0v) is 5.59. The highest BCUT2D eigenvalue weighted by atomic mass is 14.9. The number of hydrogen-bond donors (Lipinski definition) is 1. The molecule has 2 rings (SSSR count). The van der Waals surface area contributed by atoms with Crippen molar-refractivity contribution < 1.29 is 0 Å². The molecule has 0 saturated heterocycles. The Hall–Kier alpha value is -1.31. The molecular weight excluding hydrogens is 124 g/mol. The van der Waals surface area contributed by atoms with E-state index >= 15 is 0 Å². The van der Waals surface area contributed by atoms with Crippen molar-refractivity contribution in [3.63, 3.8) is 0 Å². The number of pyridine rings is 1. The zero-order valence-electron chi connectivity index (χ0n) is 5.59. The van der Waals surface area contributed by atoms with Gasteiger partial charge in [-0.15, -0.1) is 0 Å². The molecule has 0 bridgehead atoms. The van der Waals surface area contributed by atoms with Gasteiger partial charge in [0, 0.05) is 18.3 Å². The lowest BCUT2D eigenvalue weighted by atomic mass is 10.2. The average Bonchev–Trinajstić information content (AvgIpc) is 2.27. The summed E-state index contributed by atoms with van der Waals surface area (Å²) in [5.41, 5.74) is 3.45. The second kappa shape index (κ2) is 1.84. The van der Waals surface area contributed by atoms with Crippen LogP contribution in [0.5, 0.6) is 0 Å². The van der Waals surface area contributed by atoms with E-state index in [1.54, 1.807) is 6.20 Å². The van der Waals surface area contributed by atoms with Crippen LogP contribution >= 0.6 is 0 Å². The molecule has 0 aromatic carbocycles. The van der Waals surface area contributed by atoms with Gasteiger partial charge in [-0.2, -0.15) is 0 Å². The summed E-state index contributed by atoms with van der Waals surface area (Å²) in [6, 6.07) is 2.01. The minimum Gasteiger partial charge on any atom is -0.358 e. The molecule has 2 heterocycles. The van der Waals surface area contributed by atoms with E-state index in [0.717, 1.165) is 17.8 Å². The monoisotopic (exact) mass is 132 g/mol. The maximum atomic E-state index is 3.99. The Morgan fingerprint density at radius 3 is 3.30 bits per heavy atom. The fourth-order valence-electron chi connectivity index (χ4n) is 1.15. The van der Waals surface area contributed by atoms with E-state index in [1.807, 2.05) is 12.3 Å². The van der Waals surface area contributed by atoms with E-state index in [4.69, 9.17) is 0 Å². The van der Waals surface area contributed by atoms with E-state index < -0.39 is 0 Å². The van der Waals surface area contributed by atoms with Crippen LogP contribution in [0.2, 0.25) is 0 Å². The van der Waals surface area contributed by atoms with Crippen molar-refractivity contribution in [3.05, 3.63) is 36.3 Å². The fraction of sp³-hybridized carbons (Fsp3) is 0.125. The summed E-state index contributed by atoms with van der Waals surface area (Å²) in [6.07, 6.45) is 4.57. The molecule has 0 saturated carbocycles. The van der Waals surface area contributed by atoms with Gasteiger partial charge in [0.2, 0.25) is 0 Å². The average molecular weight is 132 g/mol. The first kappa shape index (κ1) is 5.47. The molecule has 1 aliphatic rings. The molecule has 2 heteroatoms. The summed E-state index contributed by atoms with van der Waals surface area (Å²) in [7, 11) is 0. The topological polar surface area (TPSA) is 24.9 Å². The van der Waals surface area contributed by atoms with Crippen LogP contribution in [0.25, 0.3) is 0 Å². The highest BCUT2D eigenvalue weighted by molar-refractivity contribution is 5.59. The maximum Gasteiger partial charge on any atom is 0.0604 e. The fourth-order valence-corrected chi connectivity index (χ4v) is 1.15. The molecule has 0 spiro atoms. The van der Waals surface area contributed by atoms with Crippen LogP contribution in [-0.4, -0.2) is 4.98 Å². The Balaban J connectivity index is 2.51. The van der Waals surface area contributed by atoms with Gasteiger partial charge in [0.25, 0.3) is 0 Å². The first-order chi connectivity index (χ1) is 4.86. The summed E-state index contributed by atoms with van der Waals surface area (Å²) >= 11 is 0. The van der Waals surface area contributed by atoms with Gasteiger partial charge in [-0.25, -0.2) is 0 Å². The van der Waals surface area contributed by atoms with E-state index in [2.05, 4.69) is 16.9 Å². The van der Waals surface area contributed by atoms with Crippen molar-refractivity contribution in [2.75, 3.05) is 5.32 Å². The molecule has 0 radical (unpaired) electrons. The number of hydrogen-bond acceptors (Lipinski definition) is 2. The molecule has 1 aliphatic heterocycles. The number of allylic oxidation sites excluding steroid dienone is 1. The van der Waals surface area contributed by atoms with E-state index in [-0.39, 0.29) is 0 Å². The van der Waals surface area contributed by atoms with Gasteiger partial charge < -0.3 is 5.32 Å². The Morgan fingerprint density at radius 1 is 1.60 bits per heavy atom. The van der Waals surface area contributed by atoms with Crippen molar-refractivity contribution in [3.8, 4) is 0 Å². The Kier molecular flexibility index (Phi) is 1.01. The number of anilines is 1. The number of nitrogens with one attached hydrogen (secondary N) is 1. The van der Waals surface area contributed by atoms with Crippen molar-refractivity contribution in [2.45, 2.75) is 6.42 Å². The normalized spacial score (nSPS) is 14.6. The maximum absolute atomic E-state index is 3.99. The molecule has 0 atom stereocenters. The summed E-state index contributed by atoms with van der Waals surface area (Å²) in [4.78, 5) is 3.99. The minimum absolute atomic E-state index is 0.942. The highest BCUT2D eigenvalue weighted by Crippen LogP contribution is 2.24. The number of rotatable bonds is 0. The van der Waals surface area contributed by atoms with Crippen LogP contribution in [0.15, 0.2) is 30.7 Å². The van der Waals surface area contributed by atoms with Gasteiger partial charge >= 0.3 is 0 Å². The number of nitrogens with zero attached hydrogens (tertiary/aromatic N) is 1. The second-order valence-corrected chi connectivity index (χ2v) is 2.44. The van der Waals surface area contributed by atoms with Gasteiger partial charge in [0.05, 0.1) is 11.9 Å². The van der Waals surface area contributed by atoms with Gasteiger partial charge in [-0.3, -0.25) is 4.98 Å². The van der Waals surface area contributed by atoms with Crippen LogP contribution < -0.4 is 5.32 Å². The summed E-state index contributed by atoms with van der Waals surface area (Å²) in [5, 5.41) is 3.14. The third kappa shape index (κ3) is 0.692. The molecular formula is C8H8N2. The Labute approximate surface area is 59.6 Å². The molecule has 0 fully saturated rings. The van der Waals surface area contributed by atoms with Gasteiger partial charge in [-0.05, 0) is 11.6 Å². The van der Waals surface area contributed by atoms with Gasteiger partial charge in [-0.1, -0.05) is 6.58 Å². The first-order valence-corrected chi connectivity index (χ1v) is 3.24. The predicted octanol–water partition coefficient (Wildman–Crippen LogP) is 1.56. The minimum atomic E-state index is 0.942. The van der Waals surface area contributed by atoms with E-state index in [1.165, 1.54) is 5.56 Å². The standard InChI is InChI=1S/C8H8N2/c1-6-4-7-2-3-9-5-8(7)10-6/h2-3,5,10H,1,4H2.